The highest BCUT2D eigenvalue weighted by Gasteiger charge is 2.47. The molecule has 2 N–H and O–H groups in total. The first-order chi connectivity index (χ1) is 15.4. The Hall–Kier alpha value is -2.79. The molecule has 0 saturated carbocycles. The van der Waals surface area contributed by atoms with E-state index in [2.05, 4.69) is 20.6 Å². The maximum absolute atomic E-state index is 13.9. The highest BCUT2D eigenvalue weighted by atomic mass is 19.4. The average molecular weight is 453 g/mol. The largest absolute Gasteiger partial charge is 0.496 e. The molecule has 4 rings (SSSR count). The van der Waals surface area contributed by atoms with Crippen LogP contribution >= 0.6 is 0 Å². The van der Waals surface area contributed by atoms with Crippen molar-refractivity contribution in [3.05, 3.63) is 41.6 Å². The van der Waals surface area contributed by atoms with Gasteiger partial charge in [0.05, 0.1) is 32.6 Å². The van der Waals surface area contributed by atoms with Gasteiger partial charge in [-0.3, -0.25) is 9.69 Å². The maximum atomic E-state index is 13.9. The predicted molar refractivity (Wildman–Crippen MR) is 111 cm³/mol. The van der Waals surface area contributed by atoms with E-state index in [1.165, 1.54) is 13.3 Å². The van der Waals surface area contributed by atoms with Gasteiger partial charge in [0.25, 0.3) is 5.91 Å². The number of benzene rings is 1. The number of methoxy groups -OCH3 is 1. The molecule has 1 aromatic carbocycles. The Morgan fingerprint density at radius 1 is 1.31 bits per heavy atom. The molecule has 32 heavy (non-hydrogen) atoms. The molecule has 174 valence electrons. The monoisotopic (exact) mass is 453 g/mol. The average Bonchev–Trinajstić information content (AvgIpc) is 3.22. The normalized spacial score (nSPS) is 21.5. The van der Waals surface area contributed by atoms with Gasteiger partial charge in [0.15, 0.2) is 6.04 Å². The number of aromatic nitrogens is 2. The Morgan fingerprint density at radius 3 is 2.78 bits per heavy atom. The lowest BCUT2D eigenvalue weighted by molar-refractivity contribution is -0.173. The highest BCUT2D eigenvalue weighted by Crippen LogP contribution is 2.45. The van der Waals surface area contributed by atoms with Gasteiger partial charge in [-0.05, 0) is 6.07 Å². The van der Waals surface area contributed by atoms with E-state index in [9.17, 15) is 18.0 Å². The van der Waals surface area contributed by atoms with Gasteiger partial charge in [0.1, 0.15) is 17.1 Å². The summed E-state index contributed by atoms with van der Waals surface area (Å²) < 4.78 is 53.1. The quantitative estimate of drug-likeness (QED) is 0.700. The lowest BCUT2D eigenvalue weighted by Gasteiger charge is -2.34. The zero-order valence-corrected chi connectivity index (χ0v) is 17.7. The van der Waals surface area contributed by atoms with E-state index in [4.69, 9.17) is 9.47 Å². The van der Waals surface area contributed by atoms with Crippen LogP contribution in [0.15, 0.2) is 30.5 Å². The molecule has 1 saturated heterocycles. The minimum atomic E-state index is -4.52. The highest BCUT2D eigenvalue weighted by molar-refractivity contribution is 5.98. The lowest BCUT2D eigenvalue weighted by atomic mass is 9.95. The molecule has 3 heterocycles. The summed E-state index contributed by atoms with van der Waals surface area (Å²) in [6.07, 6.45) is -3.60. The summed E-state index contributed by atoms with van der Waals surface area (Å²) in [4.78, 5) is 14.9. The van der Waals surface area contributed by atoms with Gasteiger partial charge in [-0.15, -0.1) is 0 Å². The van der Waals surface area contributed by atoms with Gasteiger partial charge in [0.2, 0.25) is 0 Å². The Labute approximate surface area is 183 Å². The number of ether oxygens (including phenoxy) is 2. The van der Waals surface area contributed by atoms with Crippen LogP contribution in [-0.2, 0) is 4.74 Å². The number of nitrogens with one attached hydrogen (secondary N) is 2. The standard InChI is InChI=1S/C21H26F3N5O3/c1-31-17-5-3-2-4-14(17)16-12-18(21(22,23)24)29-19(27-16)15(13-26-29)20(30)25-6-7-28-8-10-32-11-9-28/h2-5,13,16,18,27H,6-12H2,1H3,(H,25,30)/t16-,18+/m0/s1. The molecule has 2 aliphatic rings. The summed E-state index contributed by atoms with van der Waals surface area (Å²) in [6.45, 7) is 3.89. The number of nitrogens with zero attached hydrogens (tertiary/aromatic N) is 3. The van der Waals surface area contributed by atoms with E-state index in [1.807, 2.05) is 0 Å². The summed E-state index contributed by atoms with van der Waals surface area (Å²) >= 11 is 0. The lowest BCUT2D eigenvalue weighted by Crippen LogP contribution is -2.41. The Morgan fingerprint density at radius 2 is 2.06 bits per heavy atom. The zero-order chi connectivity index (χ0) is 22.7. The van der Waals surface area contributed by atoms with Gasteiger partial charge in [-0.2, -0.15) is 18.3 Å². The molecule has 1 amide bonds. The van der Waals surface area contributed by atoms with Crippen LogP contribution in [0.5, 0.6) is 5.75 Å². The molecule has 2 aliphatic heterocycles. The van der Waals surface area contributed by atoms with E-state index < -0.39 is 24.2 Å². The first-order valence-electron chi connectivity index (χ1n) is 10.5. The molecule has 0 bridgehead atoms. The van der Waals surface area contributed by atoms with E-state index in [-0.39, 0.29) is 17.8 Å². The number of carbonyl (C=O) groups excluding carboxylic acids is 1. The minimum absolute atomic E-state index is 0.0540. The second-order valence-electron chi connectivity index (χ2n) is 7.79. The van der Waals surface area contributed by atoms with E-state index in [1.54, 1.807) is 24.3 Å². The molecule has 2 atom stereocenters. The number of para-hydroxylation sites is 1. The smallest absolute Gasteiger partial charge is 0.410 e. The van der Waals surface area contributed by atoms with Crippen LogP contribution in [0.3, 0.4) is 0 Å². The Kier molecular flexibility index (Phi) is 6.56. The second-order valence-corrected chi connectivity index (χ2v) is 7.79. The number of morpholine rings is 1. The number of carbonyl (C=O) groups is 1. The second kappa shape index (κ2) is 9.37. The van der Waals surface area contributed by atoms with Crippen molar-refractivity contribution in [1.82, 2.24) is 20.0 Å². The van der Waals surface area contributed by atoms with Crippen molar-refractivity contribution in [3.63, 3.8) is 0 Å². The summed E-state index contributed by atoms with van der Waals surface area (Å²) in [5, 5.41) is 9.79. The first kappa shape index (κ1) is 22.4. The minimum Gasteiger partial charge on any atom is -0.496 e. The van der Waals surface area contributed by atoms with Crippen molar-refractivity contribution >= 4 is 11.7 Å². The van der Waals surface area contributed by atoms with Gasteiger partial charge < -0.3 is 20.1 Å². The molecule has 0 radical (unpaired) electrons. The SMILES string of the molecule is COc1ccccc1[C@@H]1C[C@H](C(F)(F)F)n2ncc(C(=O)NCCN3CCOCC3)c2N1. The topological polar surface area (TPSA) is 80.7 Å². The van der Waals surface area contributed by atoms with Crippen LogP contribution in [0, 0.1) is 0 Å². The summed E-state index contributed by atoms with van der Waals surface area (Å²) in [5.74, 6) is 0.0716. The third kappa shape index (κ3) is 4.68. The van der Waals surface area contributed by atoms with Crippen LogP contribution in [0.25, 0.3) is 0 Å². The number of halogens is 3. The zero-order valence-electron chi connectivity index (χ0n) is 17.7. The van der Waals surface area contributed by atoms with Crippen molar-refractivity contribution in [2.45, 2.75) is 24.7 Å². The van der Waals surface area contributed by atoms with Gasteiger partial charge >= 0.3 is 6.18 Å². The van der Waals surface area contributed by atoms with Crippen molar-refractivity contribution < 1.29 is 27.4 Å². The predicted octanol–water partition coefficient (Wildman–Crippen LogP) is 2.61. The number of alkyl halides is 3. The number of hydrogen-bond donors (Lipinski definition) is 2. The summed E-state index contributed by atoms with van der Waals surface area (Å²) in [5.41, 5.74) is 0.677. The van der Waals surface area contributed by atoms with Crippen molar-refractivity contribution in [3.8, 4) is 5.75 Å². The molecular formula is C21H26F3N5O3. The molecular weight excluding hydrogens is 427 g/mol. The number of anilines is 1. The molecule has 2 aromatic rings. The van der Waals surface area contributed by atoms with Crippen LogP contribution in [0.4, 0.5) is 19.0 Å². The third-order valence-electron chi connectivity index (χ3n) is 5.81. The van der Waals surface area contributed by atoms with Crippen LogP contribution in [-0.4, -0.2) is 73.3 Å². The molecule has 8 nitrogen and oxygen atoms in total. The maximum Gasteiger partial charge on any atom is 0.410 e. The third-order valence-corrected chi connectivity index (χ3v) is 5.81. The number of hydrogen-bond acceptors (Lipinski definition) is 6. The van der Waals surface area contributed by atoms with Gasteiger partial charge in [-0.1, -0.05) is 18.2 Å². The molecule has 11 heteroatoms. The number of rotatable bonds is 6. The number of fused-ring (bicyclic) bond motifs is 1. The molecule has 0 aliphatic carbocycles. The van der Waals surface area contributed by atoms with Gasteiger partial charge in [-0.25, -0.2) is 4.68 Å². The summed E-state index contributed by atoms with van der Waals surface area (Å²) in [6, 6.07) is 4.37. The van der Waals surface area contributed by atoms with Crippen molar-refractivity contribution in [2.24, 2.45) is 0 Å². The van der Waals surface area contributed by atoms with E-state index >= 15 is 0 Å². The number of amides is 1. The van der Waals surface area contributed by atoms with Gasteiger partial charge in [0, 0.05) is 38.2 Å². The molecule has 0 spiro atoms. The van der Waals surface area contributed by atoms with E-state index in [0.717, 1.165) is 17.8 Å². The van der Waals surface area contributed by atoms with Crippen molar-refractivity contribution in [1.29, 1.82) is 0 Å². The molecule has 1 aromatic heterocycles. The fourth-order valence-corrected chi connectivity index (χ4v) is 4.13. The first-order valence-corrected chi connectivity index (χ1v) is 10.5. The fraction of sp³-hybridized carbons (Fsp3) is 0.524. The molecule has 0 unspecified atom stereocenters. The van der Waals surface area contributed by atoms with Crippen LogP contribution < -0.4 is 15.4 Å². The Balaban J connectivity index is 1.55. The summed E-state index contributed by atoms with van der Waals surface area (Å²) in [7, 11) is 1.47. The van der Waals surface area contributed by atoms with Crippen molar-refractivity contribution in [2.75, 3.05) is 51.8 Å². The fourth-order valence-electron chi connectivity index (χ4n) is 4.13. The Bertz CT molecular complexity index is 943. The molecule has 1 fully saturated rings. The van der Waals surface area contributed by atoms with Crippen LogP contribution in [0.1, 0.15) is 34.4 Å². The van der Waals surface area contributed by atoms with E-state index in [0.29, 0.717) is 37.6 Å². The van der Waals surface area contributed by atoms with Crippen LogP contribution in [0.2, 0.25) is 0 Å².